The smallest absolute Gasteiger partial charge is 0.736 e. The second-order valence-electron chi connectivity index (χ2n) is 0.986. The molecule has 11 heteroatoms. The van der Waals surface area contributed by atoms with Gasteiger partial charge < -0.3 is 9.11 Å². The Balaban J connectivity index is -0.000000107. The van der Waals surface area contributed by atoms with Gasteiger partial charge in [-0.3, -0.25) is 0 Å². The van der Waals surface area contributed by atoms with E-state index in [9.17, 15) is 0 Å². The quantitative estimate of drug-likeness (QED) is 0.430. The van der Waals surface area contributed by atoms with Crippen molar-refractivity contribution in [1.29, 1.82) is 0 Å². The summed E-state index contributed by atoms with van der Waals surface area (Å²) in [5, 5.41) is 7.54. The van der Waals surface area contributed by atoms with Gasteiger partial charge in [-0.2, -0.15) is 0 Å². The first kappa shape index (κ1) is 17.4. The van der Waals surface area contributed by atoms with Gasteiger partial charge in [0.05, 0.1) is 0 Å². The molecule has 0 saturated heterocycles. The van der Waals surface area contributed by atoms with Crippen LogP contribution in [0.1, 0.15) is 0 Å². The fourth-order valence-corrected chi connectivity index (χ4v) is 0. The fourth-order valence-electron chi connectivity index (χ4n) is 0. The molecule has 0 saturated carbocycles. The standard InChI is InChI=1S/Co.2H3NO3S/c;2*1-5(2,3)4/h;2*(H3,1,2,3,4)/q+2;;/p-2. The van der Waals surface area contributed by atoms with Gasteiger partial charge >= 0.3 is 16.8 Å². The monoisotopic (exact) mass is 251 g/mol. The van der Waals surface area contributed by atoms with E-state index < -0.39 is 20.6 Å². The maximum Gasteiger partial charge on any atom is 2.00 e. The van der Waals surface area contributed by atoms with Crippen molar-refractivity contribution in [3.05, 3.63) is 0 Å². The molecule has 0 aromatic rings. The Bertz CT molecular complexity index is 215. The SMILES string of the molecule is NS(=O)(=O)[O-].NS(=O)(=O)[O-].[Co+2]. The number of hydrogen-bond acceptors (Lipinski definition) is 6. The van der Waals surface area contributed by atoms with Gasteiger partial charge in [-0.15, -0.1) is 0 Å². The molecule has 0 aliphatic heterocycles. The Hall–Kier alpha value is 0.246. The van der Waals surface area contributed by atoms with E-state index in [2.05, 4.69) is 10.3 Å². The zero-order chi connectivity index (χ0) is 9.00. The van der Waals surface area contributed by atoms with E-state index in [4.69, 9.17) is 25.9 Å². The van der Waals surface area contributed by atoms with Crippen molar-refractivity contribution >= 4 is 20.6 Å². The minimum absolute atomic E-state index is 0. The van der Waals surface area contributed by atoms with Crippen molar-refractivity contribution in [2.75, 3.05) is 0 Å². The molecule has 0 aliphatic rings. The number of rotatable bonds is 0. The number of nitrogens with two attached hydrogens (primary N) is 2. The molecule has 0 bridgehead atoms. The first-order chi connectivity index (χ1) is 4.00. The van der Waals surface area contributed by atoms with Gasteiger partial charge in [-0.25, -0.2) is 27.1 Å². The summed E-state index contributed by atoms with van der Waals surface area (Å²) in [4.78, 5) is 0. The molecule has 71 valence electrons. The van der Waals surface area contributed by atoms with Gasteiger partial charge in [0, 0.05) is 0 Å². The fraction of sp³-hybridized carbons (Fsp3) is 0. The van der Waals surface area contributed by atoms with Crippen LogP contribution in [0.5, 0.6) is 0 Å². The van der Waals surface area contributed by atoms with E-state index in [1.807, 2.05) is 0 Å². The molecule has 0 rings (SSSR count). The van der Waals surface area contributed by atoms with Gasteiger partial charge in [-0.1, -0.05) is 0 Å². The summed E-state index contributed by atoms with van der Waals surface area (Å²) in [6, 6.07) is 0. The number of hydrogen-bond donors (Lipinski definition) is 2. The van der Waals surface area contributed by atoms with Crippen LogP contribution in [0.3, 0.4) is 0 Å². The summed E-state index contributed by atoms with van der Waals surface area (Å²) in [6.45, 7) is 0. The Morgan fingerprint density at radius 1 is 0.818 bits per heavy atom. The van der Waals surface area contributed by atoms with Gasteiger partial charge in [0.25, 0.3) is 0 Å². The normalized spacial score (nSPS) is 10.5. The predicted molar refractivity (Wildman–Crippen MR) is 27.8 cm³/mol. The molecule has 0 aliphatic carbocycles. The van der Waals surface area contributed by atoms with Crippen LogP contribution in [-0.4, -0.2) is 25.9 Å². The van der Waals surface area contributed by atoms with Crippen LogP contribution in [0.4, 0.5) is 0 Å². The van der Waals surface area contributed by atoms with Crippen LogP contribution in [0.2, 0.25) is 0 Å². The minimum atomic E-state index is -4.42. The predicted octanol–water partition coefficient (Wildman–Crippen LogP) is -3.19. The van der Waals surface area contributed by atoms with Crippen molar-refractivity contribution in [2.24, 2.45) is 10.3 Å². The molecule has 11 heavy (non-hydrogen) atoms. The van der Waals surface area contributed by atoms with Gasteiger partial charge in [0.1, 0.15) is 0 Å². The summed E-state index contributed by atoms with van der Waals surface area (Å²) in [6.07, 6.45) is 0. The van der Waals surface area contributed by atoms with E-state index in [0.29, 0.717) is 0 Å². The molecule has 0 amide bonds. The molecule has 0 aromatic carbocycles. The molecule has 4 N–H and O–H groups in total. The third-order valence-corrected chi connectivity index (χ3v) is 0. The van der Waals surface area contributed by atoms with Crippen LogP contribution < -0.4 is 10.3 Å². The van der Waals surface area contributed by atoms with Crippen LogP contribution in [-0.2, 0) is 37.4 Å². The van der Waals surface area contributed by atoms with Crippen LogP contribution in [0.25, 0.3) is 0 Å². The van der Waals surface area contributed by atoms with Crippen molar-refractivity contribution < 1.29 is 42.7 Å². The summed E-state index contributed by atoms with van der Waals surface area (Å²) in [5.74, 6) is 0. The Morgan fingerprint density at radius 3 is 0.818 bits per heavy atom. The average Bonchev–Trinajstić information content (AvgIpc) is 1.12. The first-order valence-corrected chi connectivity index (χ1v) is 4.41. The van der Waals surface area contributed by atoms with Gasteiger partial charge in [0.2, 0.25) is 0 Å². The third-order valence-electron chi connectivity index (χ3n) is 0. The van der Waals surface area contributed by atoms with Crippen LogP contribution in [0.15, 0.2) is 0 Å². The molecule has 0 spiro atoms. The molecule has 1 radical (unpaired) electrons. The van der Waals surface area contributed by atoms with E-state index >= 15 is 0 Å². The minimum Gasteiger partial charge on any atom is -0.736 e. The Kier molecular flexibility index (Phi) is 9.22. The molecular formula is H4CoN2O6S2. The van der Waals surface area contributed by atoms with E-state index in [1.165, 1.54) is 0 Å². The average molecular weight is 251 g/mol. The van der Waals surface area contributed by atoms with Crippen molar-refractivity contribution in [3.8, 4) is 0 Å². The summed E-state index contributed by atoms with van der Waals surface area (Å²) in [5.41, 5.74) is 0. The summed E-state index contributed by atoms with van der Waals surface area (Å²) in [7, 11) is -8.83. The molecule has 0 fully saturated rings. The zero-order valence-corrected chi connectivity index (χ0v) is 7.43. The van der Waals surface area contributed by atoms with Crippen molar-refractivity contribution in [2.45, 2.75) is 0 Å². The first-order valence-electron chi connectivity index (χ1n) is 1.47. The van der Waals surface area contributed by atoms with Crippen molar-refractivity contribution in [3.63, 3.8) is 0 Å². The molecule has 0 heterocycles. The van der Waals surface area contributed by atoms with Gasteiger partial charge in [0.15, 0.2) is 20.6 Å². The van der Waals surface area contributed by atoms with Crippen LogP contribution >= 0.6 is 0 Å². The van der Waals surface area contributed by atoms with E-state index in [-0.39, 0.29) is 16.8 Å². The largest absolute Gasteiger partial charge is 2.00 e. The topological polar surface area (TPSA) is 166 Å². The maximum atomic E-state index is 8.85. The van der Waals surface area contributed by atoms with E-state index in [0.717, 1.165) is 0 Å². The maximum absolute atomic E-state index is 8.85. The summed E-state index contributed by atoms with van der Waals surface area (Å²) >= 11 is 0. The van der Waals surface area contributed by atoms with E-state index in [1.54, 1.807) is 0 Å². The second kappa shape index (κ2) is 5.84. The van der Waals surface area contributed by atoms with Crippen LogP contribution in [0, 0.1) is 0 Å². The van der Waals surface area contributed by atoms with Gasteiger partial charge in [-0.05, 0) is 0 Å². The van der Waals surface area contributed by atoms with Crippen molar-refractivity contribution in [1.82, 2.24) is 0 Å². The molecule has 0 aromatic heterocycles. The third kappa shape index (κ3) is 11500. The second-order valence-corrected chi connectivity index (χ2v) is 2.96. The molecule has 0 atom stereocenters. The zero-order valence-electron chi connectivity index (χ0n) is 4.75. The summed E-state index contributed by atoms with van der Waals surface area (Å²) < 4.78 is 53.1. The molecule has 0 unspecified atom stereocenters. The Labute approximate surface area is 73.9 Å². The molecule has 8 nitrogen and oxygen atoms in total. The molecular weight excluding hydrogens is 247 g/mol. The Morgan fingerprint density at radius 2 is 0.818 bits per heavy atom.